The molecule has 0 amide bonds. The number of rotatable bonds is 6. The second-order valence-electron chi connectivity index (χ2n) is 5.89. The van der Waals surface area contributed by atoms with Gasteiger partial charge in [-0.3, -0.25) is 0 Å². The van der Waals surface area contributed by atoms with Gasteiger partial charge in [-0.25, -0.2) is 4.99 Å². The molecule has 1 fully saturated rings. The average Bonchev–Trinajstić information content (AvgIpc) is 3.19. The Morgan fingerprint density at radius 3 is 2.58 bits per heavy atom. The van der Waals surface area contributed by atoms with Crippen molar-refractivity contribution in [3.8, 4) is 0 Å². The summed E-state index contributed by atoms with van der Waals surface area (Å²) in [6.45, 7) is 7.97. The molecule has 1 saturated heterocycles. The SMILES string of the molecule is CCNC(=NCc1ccc(N2CCOCC2)cc1)NCc1cccs1.I. The number of thiophene rings is 1. The first-order chi connectivity index (χ1) is 12.3. The predicted octanol–water partition coefficient (Wildman–Crippen LogP) is 3.46. The Balaban J connectivity index is 0.00000243. The van der Waals surface area contributed by atoms with Gasteiger partial charge in [-0.2, -0.15) is 0 Å². The normalized spacial score (nSPS) is 14.7. The fraction of sp³-hybridized carbons (Fsp3) is 0.421. The summed E-state index contributed by atoms with van der Waals surface area (Å²) in [4.78, 5) is 8.36. The van der Waals surface area contributed by atoms with E-state index < -0.39 is 0 Å². The van der Waals surface area contributed by atoms with Gasteiger partial charge >= 0.3 is 0 Å². The van der Waals surface area contributed by atoms with Crippen molar-refractivity contribution in [3.05, 3.63) is 52.2 Å². The zero-order valence-corrected chi connectivity index (χ0v) is 18.3. The molecule has 2 aromatic rings. The van der Waals surface area contributed by atoms with Crippen LogP contribution < -0.4 is 15.5 Å². The van der Waals surface area contributed by atoms with E-state index in [0.717, 1.165) is 45.4 Å². The van der Waals surface area contributed by atoms with Gasteiger partial charge in [0.2, 0.25) is 0 Å². The molecule has 3 rings (SSSR count). The van der Waals surface area contributed by atoms with E-state index in [1.807, 2.05) is 0 Å². The number of nitrogens with zero attached hydrogens (tertiary/aromatic N) is 2. The molecule has 0 aliphatic carbocycles. The molecule has 0 atom stereocenters. The number of anilines is 1. The van der Waals surface area contributed by atoms with Crippen LogP contribution in [0.15, 0.2) is 46.8 Å². The van der Waals surface area contributed by atoms with Crippen LogP contribution in [0.4, 0.5) is 5.69 Å². The van der Waals surface area contributed by atoms with Crippen LogP contribution in [0.2, 0.25) is 0 Å². The molecular formula is C19H27IN4OS. The van der Waals surface area contributed by atoms with Crippen LogP contribution >= 0.6 is 35.3 Å². The molecule has 0 bridgehead atoms. The van der Waals surface area contributed by atoms with E-state index in [4.69, 9.17) is 9.73 Å². The summed E-state index contributed by atoms with van der Waals surface area (Å²) < 4.78 is 5.41. The number of hydrogen-bond acceptors (Lipinski definition) is 4. The minimum Gasteiger partial charge on any atom is -0.378 e. The van der Waals surface area contributed by atoms with Crippen molar-refractivity contribution < 1.29 is 4.74 Å². The second kappa shape index (κ2) is 11.4. The average molecular weight is 486 g/mol. The van der Waals surface area contributed by atoms with Crippen LogP contribution in [-0.4, -0.2) is 38.8 Å². The Kier molecular flexibility index (Phi) is 9.21. The molecule has 1 aromatic heterocycles. The van der Waals surface area contributed by atoms with Crippen LogP contribution in [0, 0.1) is 0 Å². The van der Waals surface area contributed by atoms with Crippen molar-refractivity contribution in [2.24, 2.45) is 4.99 Å². The summed E-state index contributed by atoms with van der Waals surface area (Å²) in [6.07, 6.45) is 0. The molecule has 1 aliphatic heterocycles. The van der Waals surface area contributed by atoms with Crippen molar-refractivity contribution in [1.82, 2.24) is 10.6 Å². The van der Waals surface area contributed by atoms with Gasteiger partial charge in [0.05, 0.1) is 26.3 Å². The number of halogens is 1. The minimum absolute atomic E-state index is 0. The first-order valence-electron chi connectivity index (χ1n) is 8.81. The molecule has 0 unspecified atom stereocenters. The van der Waals surface area contributed by atoms with E-state index in [2.05, 4.69) is 64.2 Å². The molecule has 0 spiro atoms. The Morgan fingerprint density at radius 2 is 1.92 bits per heavy atom. The highest BCUT2D eigenvalue weighted by Gasteiger charge is 2.10. The van der Waals surface area contributed by atoms with Gasteiger partial charge in [-0.1, -0.05) is 18.2 Å². The third-order valence-electron chi connectivity index (χ3n) is 4.09. The lowest BCUT2D eigenvalue weighted by Crippen LogP contribution is -2.36. The van der Waals surface area contributed by atoms with Crippen LogP contribution in [0.1, 0.15) is 17.4 Å². The lowest BCUT2D eigenvalue weighted by atomic mass is 10.2. The van der Waals surface area contributed by atoms with Crippen molar-refractivity contribution in [2.75, 3.05) is 37.7 Å². The quantitative estimate of drug-likeness (QED) is 0.373. The molecule has 142 valence electrons. The Hall–Kier alpha value is -1.32. The number of guanidine groups is 1. The molecule has 0 saturated carbocycles. The molecule has 1 aliphatic rings. The van der Waals surface area contributed by atoms with Crippen molar-refractivity contribution in [1.29, 1.82) is 0 Å². The van der Waals surface area contributed by atoms with Crippen LogP contribution in [-0.2, 0) is 17.8 Å². The number of aliphatic imine (C=N–C) groups is 1. The Bertz CT molecular complexity index is 655. The van der Waals surface area contributed by atoms with Gasteiger partial charge in [0.15, 0.2) is 5.96 Å². The van der Waals surface area contributed by atoms with Gasteiger partial charge in [0.1, 0.15) is 0 Å². The molecule has 26 heavy (non-hydrogen) atoms. The number of hydrogen-bond donors (Lipinski definition) is 2. The highest BCUT2D eigenvalue weighted by atomic mass is 127. The second-order valence-corrected chi connectivity index (χ2v) is 6.93. The van der Waals surface area contributed by atoms with E-state index in [0.29, 0.717) is 6.54 Å². The van der Waals surface area contributed by atoms with Crippen molar-refractivity contribution in [3.63, 3.8) is 0 Å². The number of morpholine rings is 1. The summed E-state index contributed by atoms with van der Waals surface area (Å²) in [6, 6.07) is 12.9. The summed E-state index contributed by atoms with van der Waals surface area (Å²) in [5, 5.41) is 8.78. The first kappa shape index (κ1) is 21.0. The lowest BCUT2D eigenvalue weighted by molar-refractivity contribution is 0.122. The molecule has 0 radical (unpaired) electrons. The molecule has 1 aromatic carbocycles. The maximum absolute atomic E-state index is 5.41. The maximum Gasteiger partial charge on any atom is 0.191 e. The largest absolute Gasteiger partial charge is 0.378 e. The Labute approximate surface area is 176 Å². The van der Waals surface area contributed by atoms with Crippen molar-refractivity contribution in [2.45, 2.75) is 20.0 Å². The van der Waals surface area contributed by atoms with Gasteiger partial charge in [0.25, 0.3) is 0 Å². The van der Waals surface area contributed by atoms with Gasteiger partial charge < -0.3 is 20.3 Å². The van der Waals surface area contributed by atoms with E-state index in [9.17, 15) is 0 Å². The van der Waals surface area contributed by atoms with E-state index in [1.165, 1.54) is 16.1 Å². The van der Waals surface area contributed by atoms with Crippen molar-refractivity contribution >= 4 is 47.0 Å². The summed E-state index contributed by atoms with van der Waals surface area (Å²) >= 11 is 1.75. The van der Waals surface area contributed by atoms with Gasteiger partial charge in [0, 0.05) is 30.2 Å². The number of benzene rings is 1. The molecule has 5 nitrogen and oxygen atoms in total. The molecular weight excluding hydrogens is 459 g/mol. The van der Waals surface area contributed by atoms with Crippen LogP contribution in [0.25, 0.3) is 0 Å². The topological polar surface area (TPSA) is 48.9 Å². The summed E-state index contributed by atoms with van der Waals surface area (Å²) in [7, 11) is 0. The standard InChI is InChI=1S/C19H26N4OS.HI/c1-2-20-19(22-15-18-4-3-13-25-18)21-14-16-5-7-17(8-6-16)23-9-11-24-12-10-23;/h3-8,13H,2,9-12,14-15H2,1H3,(H2,20,21,22);1H. The van der Waals surface area contributed by atoms with E-state index in [1.54, 1.807) is 11.3 Å². The highest BCUT2D eigenvalue weighted by Crippen LogP contribution is 2.17. The fourth-order valence-electron chi connectivity index (χ4n) is 2.73. The van der Waals surface area contributed by atoms with Gasteiger partial charge in [-0.05, 0) is 36.1 Å². The lowest BCUT2D eigenvalue weighted by Gasteiger charge is -2.28. The minimum atomic E-state index is 0. The Morgan fingerprint density at radius 1 is 1.15 bits per heavy atom. The molecule has 7 heteroatoms. The monoisotopic (exact) mass is 486 g/mol. The third-order valence-corrected chi connectivity index (χ3v) is 4.96. The summed E-state index contributed by atoms with van der Waals surface area (Å²) in [5.74, 6) is 0.855. The third kappa shape index (κ3) is 6.44. The van der Waals surface area contributed by atoms with Crippen LogP contribution in [0.3, 0.4) is 0 Å². The predicted molar refractivity (Wildman–Crippen MR) is 121 cm³/mol. The highest BCUT2D eigenvalue weighted by molar-refractivity contribution is 14.0. The fourth-order valence-corrected chi connectivity index (χ4v) is 3.37. The maximum atomic E-state index is 5.41. The molecule has 2 N–H and O–H groups in total. The van der Waals surface area contributed by atoms with Crippen LogP contribution in [0.5, 0.6) is 0 Å². The number of nitrogens with one attached hydrogen (secondary N) is 2. The first-order valence-corrected chi connectivity index (χ1v) is 9.69. The van der Waals surface area contributed by atoms with E-state index >= 15 is 0 Å². The number of ether oxygens (including phenoxy) is 1. The zero-order chi connectivity index (χ0) is 17.3. The van der Waals surface area contributed by atoms with E-state index in [-0.39, 0.29) is 24.0 Å². The zero-order valence-electron chi connectivity index (χ0n) is 15.1. The smallest absolute Gasteiger partial charge is 0.191 e. The van der Waals surface area contributed by atoms with Gasteiger partial charge in [-0.15, -0.1) is 35.3 Å². The molecule has 2 heterocycles. The summed E-state index contributed by atoms with van der Waals surface area (Å²) in [5.41, 5.74) is 2.48.